The average molecular weight is 461 g/mol. The topological polar surface area (TPSA) is 61.8 Å². The van der Waals surface area contributed by atoms with Crippen molar-refractivity contribution in [1.82, 2.24) is 0 Å². The first-order chi connectivity index (χ1) is 14.6. The maximum Gasteiger partial charge on any atom is 0.306 e. The van der Waals surface area contributed by atoms with E-state index in [4.69, 9.17) is 13.9 Å². The first kappa shape index (κ1) is 24.8. The molecule has 0 saturated heterocycles. The predicted molar refractivity (Wildman–Crippen MR) is 129 cm³/mol. The van der Waals surface area contributed by atoms with Crippen LogP contribution in [0.3, 0.4) is 0 Å². The Bertz CT molecular complexity index is 877. The number of esters is 1. The summed E-state index contributed by atoms with van der Waals surface area (Å²) < 4.78 is 17.5. The van der Waals surface area contributed by atoms with E-state index in [-0.39, 0.29) is 28.8 Å². The van der Waals surface area contributed by atoms with Crippen LogP contribution < -0.4 is 9.16 Å². The van der Waals surface area contributed by atoms with E-state index in [0.29, 0.717) is 24.5 Å². The van der Waals surface area contributed by atoms with Crippen LogP contribution in [0, 0.1) is 23.7 Å². The van der Waals surface area contributed by atoms with E-state index in [1.54, 1.807) is 7.11 Å². The quantitative estimate of drug-likeness (QED) is 0.380. The lowest BCUT2D eigenvalue weighted by Gasteiger charge is -2.37. The van der Waals surface area contributed by atoms with Gasteiger partial charge in [-0.1, -0.05) is 26.8 Å². The Balaban J connectivity index is 1.63. The molecule has 1 aromatic carbocycles. The third-order valence-electron chi connectivity index (χ3n) is 7.32. The minimum atomic E-state index is -2.01. The van der Waals surface area contributed by atoms with E-state index in [2.05, 4.69) is 39.9 Å². The average Bonchev–Trinajstić information content (AvgIpc) is 3.17. The van der Waals surface area contributed by atoms with Crippen molar-refractivity contribution in [1.29, 1.82) is 0 Å². The molecule has 0 bridgehead atoms. The van der Waals surface area contributed by atoms with Crippen LogP contribution >= 0.6 is 0 Å². The van der Waals surface area contributed by atoms with E-state index in [9.17, 15) is 9.59 Å². The molecular formula is C26H40O5Si. The summed E-state index contributed by atoms with van der Waals surface area (Å²) in [5.74, 6) is 2.19. The zero-order chi connectivity index (χ0) is 24.1. The number of Topliss-reactive ketones (excluding diaryl/α,β-unsaturated/α-hetero) is 1. The molecule has 0 aromatic heterocycles. The molecule has 4 atom stereocenters. The number of carbonyl (C=O) groups excluding carboxylic acids is 2. The Morgan fingerprint density at radius 2 is 1.75 bits per heavy atom. The first-order valence-corrected chi connectivity index (χ1v) is 14.7. The number of rotatable bonds is 7. The van der Waals surface area contributed by atoms with Gasteiger partial charge in [-0.2, -0.15) is 0 Å². The number of ether oxygens (including phenoxy) is 2. The minimum absolute atomic E-state index is 0.0222. The van der Waals surface area contributed by atoms with E-state index in [0.717, 1.165) is 23.5 Å². The van der Waals surface area contributed by atoms with Crippen molar-refractivity contribution < 1.29 is 23.5 Å². The van der Waals surface area contributed by atoms with Gasteiger partial charge in [0.2, 0.25) is 0 Å². The largest absolute Gasteiger partial charge is 0.541 e. The summed E-state index contributed by atoms with van der Waals surface area (Å²) in [7, 11) is -0.352. The number of carbonyl (C=O) groups is 2. The van der Waals surface area contributed by atoms with Gasteiger partial charge in [-0.15, -0.1) is 0 Å². The van der Waals surface area contributed by atoms with Crippen molar-refractivity contribution >= 4 is 20.1 Å². The molecule has 0 unspecified atom stereocenters. The Morgan fingerprint density at radius 1 is 1.09 bits per heavy atom. The predicted octanol–water partition coefficient (Wildman–Crippen LogP) is 5.80. The van der Waals surface area contributed by atoms with E-state index >= 15 is 0 Å². The van der Waals surface area contributed by atoms with Gasteiger partial charge in [-0.25, -0.2) is 0 Å². The summed E-state index contributed by atoms with van der Waals surface area (Å²) in [4.78, 5) is 25.1. The van der Waals surface area contributed by atoms with Crippen molar-refractivity contribution in [3.8, 4) is 11.5 Å². The first-order valence-electron chi connectivity index (χ1n) is 11.7. The lowest BCUT2D eigenvalue weighted by Crippen LogP contribution is -2.43. The molecule has 1 aromatic rings. The van der Waals surface area contributed by atoms with Crippen molar-refractivity contribution in [2.75, 3.05) is 7.11 Å². The molecule has 0 spiro atoms. The van der Waals surface area contributed by atoms with Crippen LogP contribution in [0.15, 0.2) is 18.2 Å². The molecule has 5 nitrogen and oxygen atoms in total. The summed E-state index contributed by atoms with van der Waals surface area (Å²) in [6.07, 6.45) is 1.93. The van der Waals surface area contributed by atoms with Gasteiger partial charge in [0.1, 0.15) is 17.1 Å². The lowest BCUT2D eigenvalue weighted by molar-refractivity contribution is -0.155. The molecule has 2 aliphatic carbocycles. The smallest absolute Gasteiger partial charge is 0.306 e. The fourth-order valence-corrected chi connectivity index (χ4v) is 5.60. The third-order valence-corrected chi connectivity index (χ3v) is 11.7. The second-order valence-electron chi connectivity index (χ2n) is 12.0. The zero-order valence-corrected chi connectivity index (χ0v) is 22.2. The van der Waals surface area contributed by atoms with Gasteiger partial charge in [0.15, 0.2) is 5.75 Å². The number of methoxy groups -OCH3 is 1. The fraction of sp³-hybridized carbons (Fsp3) is 0.692. The van der Waals surface area contributed by atoms with Gasteiger partial charge >= 0.3 is 5.97 Å². The maximum absolute atomic E-state index is 13.0. The van der Waals surface area contributed by atoms with Crippen LogP contribution in [-0.2, 0) is 20.7 Å². The molecule has 3 rings (SSSR count). The van der Waals surface area contributed by atoms with Gasteiger partial charge in [-0.05, 0) is 81.3 Å². The van der Waals surface area contributed by atoms with Gasteiger partial charge in [0.25, 0.3) is 8.32 Å². The van der Waals surface area contributed by atoms with E-state index < -0.39 is 13.9 Å². The summed E-state index contributed by atoms with van der Waals surface area (Å²) >= 11 is 0. The summed E-state index contributed by atoms with van der Waals surface area (Å²) in [6, 6.07) is 6.03. The summed E-state index contributed by atoms with van der Waals surface area (Å²) in [6.45, 7) is 16.7. The van der Waals surface area contributed by atoms with E-state index in [1.165, 1.54) is 0 Å². The second kappa shape index (κ2) is 8.51. The van der Waals surface area contributed by atoms with Crippen molar-refractivity contribution in [2.24, 2.45) is 23.7 Å². The Kier molecular flexibility index (Phi) is 6.60. The van der Waals surface area contributed by atoms with Crippen LogP contribution in [0.1, 0.15) is 59.9 Å². The highest BCUT2D eigenvalue weighted by atomic mass is 28.4. The van der Waals surface area contributed by atoms with Gasteiger partial charge < -0.3 is 13.9 Å². The molecule has 2 aliphatic rings. The van der Waals surface area contributed by atoms with Crippen LogP contribution in [0.25, 0.3) is 0 Å². The van der Waals surface area contributed by atoms with Gasteiger partial charge in [-0.3, -0.25) is 9.59 Å². The highest BCUT2D eigenvalue weighted by molar-refractivity contribution is 6.74. The van der Waals surface area contributed by atoms with Crippen molar-refractivity contribution in [3.63, 3.8) is 0 Å². The number of hydrogen-bond acceptors (Lipinski definition) is 5. The minimum Gasteiger partial charge on any atom is -0.541 e. The Morgan fingerprint density at radius 3 is 2.25 bits per heavy atom. The third kappa shape index (κ3) is 5.38. The molecule has 178 valence electrons. The highest BCUT2D eigenvalue weighted by Gasteiger charge is 2.61. The van der Waals surface area contributed by atoms with Crippen molar-refractivity contribution in [2.45, 2.75) is 84.5 Å². The molecule has 0 radical (unpaired) electrons. The van der Waals surface area contributed by atoms with Crippen LogP contribution in [0.5, 0.6) is 11.5 Å². The molecule has 0 N–H and O–H groups in total. The molecular weight excluding hydrogens is 420 g/mol. The SMILES string of the molecule is COc1ccc(C[C@@H]2C[C@H]3[C@H](CC(=O)OC(C)(C)C)[C@H]3C2=O)cc1O[Si](C)(C)C(C)(C)C. The molecule has 2 fully saturated rings. The number of ketones is 1. The molecule has 32 heavy (non-hydrogen) atoms. The normalized spacial score (nSPS) is 25.3. The highest BCUT2D eigenvalue weighted by Crippen LogP contribution is 2.59. The second-order valence-corrected chi connectivity index (χ2v) is 16.8. The Hall–Kier alpha value is -1.82. The standard InChI is InChI=1S/C26H40O5Si/c1-25(2,3)30-22(27)15-19-18-14-17(24(28)23(18)19)12-16-10-11-20(29-7)21(13-16)31-32(8,9)26(4,5)6/h10-11,13,17-19,23H,12,14-15H2,1-9H3/t17-,18+,19+,23+/m1/s1. The van der Waals surface area contributed by atoms with Crippen LogP contribution in [0.4, 0.5) is 0 Å². The molecule has 6 heteroatoms. The summed E-state index contributed by atoms with van der Waals surface area (Å²) in [5, 5.41) is 0.0832. The molecule has 0 heterocycles. The van der Waals surface area contributed by atoms with E-state index in [1.807, 2.05) is 32.9 Å². The molecule has 0 amide bonds. The van der Waals surface area contributed by atoms with Gasteiger partial charge in [0, 0.05) is 18.3 Å². The monoisotopic (exact) mass is 460 g/mol. The number of hydrogen-bond donors (Lipinski definition) is 0. The van der Waals surface area contributed by atoms with Crippen molar-refractivity contribution in [3.05, 3.63) is 23.8 Å². The van der Waals surface area contributed by atoms with Gasteiger partial charge in [0.05, 0.1) is 7.11 Å². The lowest BCUT2D eigenvalue weighted by atomic mass is 9.91. The molecule has 2 saturated carbocycles. The summed E-state index contributed by atoms with van der Waals surface area (Å²) in [5.41, 5.74) is 0.620. The van der Waals surface area contributed by atoms with Crippen LogP contribution in [-0.4, -0.2) is 32.8 Å². The fourth-order valence-electron chi connectivity index (χ4n) is 4.58. The number of benzene rings is 1. The zero-order valence-electron chi connectivity index (χ0n) is 21.2. The Labute approximate surface area is 194 Å². The maximum atomic E-state index is 13.0. The van der Waals surface area contributed by atoms with Crippen LogP contribution in [0.2, 0.25) is 18.1 Å². The molecule has 0 aliphatic heterocycles. The number of fused-ring (bicyclic) bond motifs is 1.